The number of benzene rings is 2. The summed E-state index contributed by atoms with van der Waals surface area (Å²) >= 11 is 0. The van der Waals surface area contributed by atoms with Gasteiger partial charge in [0.15, 0.2) is 0 Å². The predicted molar refractivity (Wildman–Crippen MR) is 114 cm³/mol. The Kier molecular flexibility index (Phi) is 6.02. The summed E-state index contributed by atoms with van der Waals surface area (Å²) in [6.07, 6.45) is 2.09. The van der Waals surface area contributed by atoms with E-state index in [0.29, 0.717) is 6.54 Å². The first-order chi connectivity index (χ1) is 13.3. The highest BCUT2D eigenvalue weighted by Gasteiger charge is 2.21. The number of hydrogen-bond acceptors (Lipinski definition) is 3. The first-order valence-electron chi connectivity index (χ1n) is 9.79. The average Bonchev–Trinajstić information content (AvgIpc) is 2.64. The molecule has 2 amide bonds. The number of hydrogen-bond donors (Lipinski definition) is 1. The van der Waals surface area contributed by atoms with E-state index in [0.717, 1.165) is 41.9 Å². The first kappa shape index (κ1) is 19.9. The molecule has 0 saturated heterocycles. The van der Waals surface area contributed by atoms with Gasteiger partial charge in [-0.3, -0.25) is 9.59 Å². The molecule has 0 aliphatic carbocycles. The Morgan fingerprint density at radius 1 is 1.07 bits per heavy atom. The van der Waals surface area contributed by atoms with Crippen molar-refractivity contribution < 1.29 is 9.59 Å². The topological polar surface area (TPSA) is 52.7 Å². The van der Waals surface area contributed by atoms with E-state index in [1.807, 2.05) is 32.0 Å². The van der Waals surface area contributed by atoms with Crippen molar-refractivity contribution in [2.24, 2.45) is 0 Å². The Morgan fingerprint density at radius 2 is 1.79 bits per heavy atom. The molecule has 0 spiro atoms. The highest BCUT2D eigenvalue weighted by atomic mass is 16.2. The summed E-state index contributed by atoms with van der Waals surface area (Å²) in [5.41, 5.74) is 6.57. The zero-order valence-corrected chi connectivity index (χ0v) is 17.2. The van der Waals surface area contributed by atoms with Gasteiger partial charge in [-0.1, -0.05) is 29.8 Å². The molecule has 0 aromatic heterocycles. The fourth-order valence-corrected chi connectivity index (χ4v) is 3.62. The van der Waals surface area contributed by atoms with E-state index in [9.17, 15) is 9.59 Å². The molecule has 148 valence electrons. The lowest BCUT2D eigenvalue weighted by Crippen LogP contribution is -2.43. The summed E-state index contributed by atoms with van der Waals surface area (Å²) in [4.78, 5) is 28.7. The fraction of sp³-hybridized carbons (Fsp3) is 0.391. The van der Waals surface area contributed by atoms with Gasteiger partial charge < -0.3 is 15.1 Å². The van der Waals surface area contributed by atoms with Gasteiger partial charge in [0.05, 0.1) is 13.1 Å². The van der Waals surface area contributed by atoms with Crippen LogP contribution >= 0.6 is 0 Å². The van der Waals surface area contributed by atoms with Gasteiger partial charge >= 0.3 is 0 Å². The maximum absolute atomic E-state index is 12.7. The Balaban J connectivity index is 1.59. The highest BCUT2D eigenvalue weighted by Crippen LogP contribution is 2.27. The zero-order chi connectivity index (χ0) is 20.3. The predicted octanol–water partition coefficient (Wildman–Crippen LogP) is 3.46. The van der Waals surface area contributed by atoms with Gasteiger partial charge in [-0.25, -0.2) is 0 Å². The van der Waals surface area contributed by atoms with E-state index in [1.165, 1.54) is 16.0 Å². The van der Waals surface area contributed by atoms with Crippen LogP contribution in [0.15, 0.2) is 36.4 Å². The Morgan fingerprint density at radius 3 is 2.57 bits per heavy atom. The fourth-order valence-electron chi connectivity index (χ4n) is 3.62. The molecule has 1 N–H and O–H groups in total. The second kappa shape index (κ2) is 8.46. The summed E-state index contributed by atoms with van der Waals surface area (Å²) in [5, 5.41) is 2.92. The summed E-state index contributed by atoms with van der Waals surface area (Å²) in [7, 11) is 1.69. The molecule has 1 aliphatic heterocycles. The third-order valence-corrected chi connectivity index (χ3v) is 5.25. The van der Waals surface area contributed by atoms with Crippen LogP contribution < -0.4 is 10.2 Å². The number of anilines is 2. The van der Waals surface area contributed by atoms with E-state index in [4.69, 9.17) is 0 Å². The lowest BCUT2D eigenvalue weighted by atomic mass is 9.99. The lowest BCUT2D eigenvalue weighted by molar-refractivity contribution is -0.132. The van der Waals surface area contributed by atoms with Crippen LogP contribution in [0.1, 0.15) is 28.7 Å². The van der Waals surface area contributed by atoms with Crippen molar-refractivity contribution in [3.63, 3.8) is 0 Å². The van der Waals surface area contributed by atoms with Crippen molar-refractivity contribution >= 4 is 23.2 Å². The van der Waals surface area contributed by atoms with Crippen molar-refractivity contribution in [2.75, 3.05) is 36.9 Å². The van der Waals surface area contributed by atoms with Gasteiger partial charge in [-0.15, -0.1) is 0 Å². The molecule has 0 atom stereocenters. The second-order valence-corrected chi connectivity index (χ2v) is 7.77. The van der Waals surface area contributed by atoms with Gasteiger partial charge in [0.1, 0.15) is 0 Å². The molecule has 3 rings (SSSR count). The standard InChI is InChI=1S/C23H29N3O2/c1-16-8-10-21-19(12-16)6-5-11-26(21)15-23(28)25(4)14-22(27)24-20-13-17(2)7-9-18(20)3/h7-10,12-13H,5-6,11,14-15H2,1-4H3,(H,24,27). The number of likely N-dealkylation sites (N-methyl/N-ethyl adjacent to an activating group) is 1. The summed E-state index contributed by atoms with van der Waals surface area (Å²) in [5.74, 6) is -0.233. The normalized spacial score (nSPS) is 13.1. The number of fused-ring (bicyclic) bond motifs is 1. The molecule has 5 heteroatoms. The van der Waals surface area contributed by atoms with E-state index in [2.05, 4.69) is 35.3 Å². The molecule has 0 radical (unpaired) electrons. The van der Waals surface area contributed by atoms with Gasteiger partial charge in [0, 0.05) is 25.0 Å². The average molecular weight is 380 g/mol. The van der Waals surface area contributed by atoms with Crippen molar-refractivity contribution in [3.8, 4) is 0 Å². The van der Waals surface area contributed by atoms with Gasteiger partial charge in [0.2, 0.25) is 11.8 Å². The van der Waals surface area contributed by atoms with E-state index >= 15 is 0 Å². The molecular formula is C23H29N3O2. The molecule has 2 aromatic rings. The molecule has 28 heavy (non-hydrogen) atoms. The molecular weight excluding hydrogens is 350 g/mol. The van der Waals surface area contributed by atoms with Gasteiger partial charge in [-0.2, -0.15) is 0 Å². The number of nitrogens with zero attached hydrogens (tertiary/aromatic N) is 2. The smallest absolute Gasteiger partial charge is 0.243 e. The minimum absolute atomic E-state index is 0.0425. The van der Waals surface area contributed by atoms with E-state index in [-0.39, 0.29) is 18.4 Å². The van der Waals surface area contributed by atoms with Crippen LogP contribution in [-0.4, -0.2) is 43.4 Å². The third-order valence-electron chi connectivity index (χ3n) is 5.25. The molecule has 0 fully saturated rings. The quantitative estimate of drug-likeness (QED) is 0.866. The van der Waals surface area contributed by atoms with Crippen LogP contribution in [0, 0.1) is 20.8 Å². The molecule has 0 unspecified atom stereocenters. The lowest BCUT2D eigenvalue weighted by Gasteiger charge is -2.32. The van der Waals surface area contributed by atoms with Crippen molar-refractivity contribution in [1.29, 1.82) is 0 Å². The minimum Gasteiger partial charge on any atom is -0.362 e. The van der Waals surface area contributed by atoms with Crippen molar-refractivity contribution in [2.45, 2.75) is 33.6 Å². The Hall–Kier alpha value is -2.82. The molecule has 0 saturated carbocycles. The third kappa shape index (κ3) is 4.71. The largest absolute Gasteiger partial charge is 0.362 e. The van der Waals surface area contributed by atoms with Crippen LogP contribution in [0.3, 0.4) is 0 Å². The number of carbonyl (C=O) groups excluding carboxylic acids is 2. The minimum atomic E-state index is -0.181. The van der Waals surface area contributed by atoms with E-state index < -0.39 is 0 Å². The monoisotopic (exact) mass is 379 g/mol. The Bertz CT molecular complexity index is 891. The van der Waals surface area contributed by atoms with Crippen LogP contribution in [0.5, 0.6) is 0 Å². The Labute approximate surface area is 167 Å². The maximum atomic E-state index is 12.7. The number of aryl methyl sites for hydroxylation is 4. The van der Waals surface area contributed by atoms with E-state index in [1.54, 1.807) is 7.05 Å². The second-order valence-electron chi connectivity index (χ2n) is 7.77. The van der Waals surface area contributed by atoms with Crippen molar-refractivity contribution in [1.82, 2.24) is 4.90 Å². The highest BCUT2D eigenvalue weighted by molar-refractivity contribution is 5.95. The number of rotatable bonds is 5. The van der Waals surface area contributed by atoms with Crippen LogP contribution in [0.4, 0.5) is 11.4 Å². The zero-order valence-electron chi connectivity index (χ0n) is 17.2. The summed E-state index contributed by atoms with van der Waals surface area (Å²) < 4.78 is 0. The van der Waals surface area contributed by atoms with Crippen LogP contribution in [-0.2, 0) is 16.0 Å². The summed E-state index contributed by atoms with van der Waals surface area (Å²) in [6.45, 7) is 7.24. The summed E-state index contributed by atoms with van der Waals surface area (Å²) in [6, 6.07) is 12.3. The first-order valence-corrected chi connectivity index (χ1v) is 9.79. The SMILES string of the molecule is Cc1ccc2c(c1)CCCN2CC(=O)N(C)CC(=O)Nc1cc(C)ccc1C. The molecule has 0 bridgehead atoms. The number of carbonyl (C=O) groups is 2. The maximum Gasteiger partial charge on any atom is 0.243 e. The number of amides is 2. The van der Waals surface area contributed by atoms with Gasteiger partial charge in [0.25, 0.3) is 0 Å². The van der Waals surface area contributed by atoms with Crippen LogP contribution in [0.2, 0.25) is 0 Å². The van der Waals surface area contributed by atoms with Crippen LogP contribution in [0.25, 0.3) is 0 Å². The molecule has 5 nitrogen and oxygen atoms in total. The molecule has 1 aliphatic rings. The molecule has 1 heterocycles. The molecule has 2 aromatic carbocycles. The van der Waals surface area contributed by atoms with Gasteiger partial charge in [-0.05, 0) is 62.4 Å². The van der Waals surface area contributed by atoms with Crippen molar-refractivity contribution in [3.05, 3.63) is 58.7 Å². The number of nitrogens with one attached hydrogen (secondary N) is 1.